The van der Waals surface area contributed by atoms with E-state index in [9.17, 15) is 0 Å². The Bertz CT molecular complexity index is 2340. The number of aromatic nitrogens is 3. The lowest BCUT2D eigenvalue weighted by atomic mass is 9.74. The third-order valence-electron chi connectivity index (χ3n) is 9.41. The summed E-state index contributed by atoms with van der Waals surface area (Å²) in [5, 5.41) is 4.59. The van der Waals surface area contributed by atoms with Gasteiger partial charge in [0.25, 0.3) is 0 Å². The molecular formula is C45H35N3. The van der Waals surface area contributed by atoms with Gasteiger partial charge in [-0.3, -0.25) is 0 Å². The Morgan fingerprint density at radius 2 is 1.02 bits per heavy atom. The molecule has 0 spiro atoms. The van der Waals surface area contributed by atoms with Gasteiger partial charge in [0.15, 0.2) is 17.5 Å². The zero-order valence-electron chi connectivity index (χ0n) is 27.2. The molecule has 48 heavy (non-hydrogen) atoms. The smallest absolute Gasteiger partial charge is 0.165 e. The van der Waals surface area contributed by atoms with Crippen LogP contribution in [0.25, 0.3) is 72.4 Å². The summed E-state index contributed by atoms with van der Waals surface area (Å²) in [5.41, 5.74) is 8.39. The van der Waals surface area contributed by atoms with Crippen LogP contribution in [-0.2, 0) is 5.41 Å². The number of hydrogen-bond donors (Lipinski definition) is 0. The molecule has 0 fully saturated rings. The molecule has 0 saturated carbocycles. The van der Waals surface area contributed by atoms with Crippen LogP contribution in [0.3, 0.4) is 0 Å². The maximum absolute atomic E-state index is 5.28. The first kappa shape index (κ1) is 29.5. The summed E-state index contributed by atoms with van der Waals surface area (Å²) in [7, 11) is 0. The molecule has 0 atom stereocenters. The number of allylic oxidation sites excluding steroid dienone is 5. The second-order valence-corrected chi connectivity index (χ2v) is 13.0. The first-order valence-electron chi connectivity index (χ1n) is 16.5. The Labute approximate surface area is 281 Å². The van der Waals surface area contributed by atoms with Gasteiger partial charge in [-0.1, -0.05) is 172 Å². The second kappa shape index (κ2) is 12.0. The number of benzene rings is 6. The molecule has 3 nitrogen and oxygen atoms in total. The van der Waals surface area contributed by atoms with E-state index >= 15 is 0 Å². The monoisotopic (exact) mass is 617 g/mol. The molecule has 0 bridgehead atoms. The Morgan fingerprint density at radius 3 is 1.62 bits per heavy atom. The van der Waals surface area contributed by atoms with E-state index < -0.39 is 0 Å². The predicted octanol–water partition coefficient (Wildman–Crippen LogP) is 11.7. The first-order chi connectivity index (χ1) is 23.5. The van der Waals surface area contributed by atoms with E-state index in [0.717, 1.165) is 61.5 Å². The fourth-order valence-electron chi connectivity index (χ4n) is 7.05. The van der Waals surface area contributed by atoms with Crippen molar-refractivity contribution in [1.29, 1.82) is 0 Å². The molecule has 0 saturated heterocycles. The van der Waals surface area contributed by atoms with Crippen LogP contribution in [0, 0.1) is 0 Å². The Morgan fingerprint density at radius 1 is 0.500 bits per heavy atom. The minimum atomic E-state index is -0.113. The fraction of sp³-hybridized carbons (Fsp3) is 0.0889. The van der Waals surface area contributed by atoms with E-state index in [-0.39, 0.29) is 5.41 Å². The van der Waals surface area contributed by atoms with Gasteiger partial charge in [0.2, 0.25) is 0 Å². The Balaban J connectivity index is 1.55. The van der Waals surface area contributed by atoms with Gasteiger partial charge in [0.1, 0.15) is 0 Å². The zero-order chi connectivity index (χ0) is 32.7. The predicted molar refractivity (Wildman–Crippen MR) is 202 cm³/mol. The van der Waals surface area contributed by atoms with Crippen molar-refractivity contribution in [3.05, 3.63) is 169 Å². The second-order valence-electron chi connectivity index (χ2n) is 13.0. The van der Waals surface area contributed by atoms with Crippen LogP contribution in [0.4, 0.5) is 0 Å². The highest BCUT2D eigenvalue weighted by Gasteiger charge is 2.29. The van der Waals surface area contributed by atoms with Crippen molar-refractivity contribution >= 4 is 27.1 Å². The number of rotatable bonds is 4. The lowest BCUT2D eigenvalue weighted by Crippen LogP contribution is -2.18. The minimum absolute atomic E-state index is 0.113. The highest BCUT2D eigenvalue weighted by molar-refractivity contribution is 6.21. The maximum Gasteiger partial charge on any atom is 0.165 e. The van der Waals surface area contributed by atoms with Crippen molar-refractivity contribution in [3.63, 3.8) is 0 Å². The summed E-state index contributed by atoms with van der Waals surface area (Å²) in [6, 6.07) is 44.4. The van der Waals surface area contributed by atoms with Crippen molar-refractivity contribution in [2.45, 2.75) is 25.7 Å². The average Bonchev–Trinajstić information content (AvgIpc) is 3.19. The van der Waals surface area contributed by atoms with Crippen molar-refractivity contribution in [2.75, 3.05) is 0 Å². The van der Waals surface area contributed by atoms with Gasteiger partial charge in [-0.15, -0.1) is 0 Å². The molecule has 1 aromatic heterocycles. The summed E-state index contributed by atoms with van der Waals surface area (Å²) in [4.78, 5) is 15.6. The summed E-state index contributed by atoms with van der Waals surface area (Å²) in [6.07, 6.45) is 9.54. The lowest BCUT2D eigenvalue weighted by molar-refractivity contribution is 0.533. The van der Waals surface area contributed by atoms with Crippen LogP contribution in [0.15, 0.2) is 158 Å². The summed E-state index contributed by atoms with van der Waals surface area (Å²) < 4.78 is 0. The quantitative estimate of drug-likeness (QED) is 0.184. The number of hydrogen-bond acceptors (Lipinski definition) is 3. The molecule has 0 N–H and O–H groups in total. The van der Waals surface area contributed by atoms with Gasteiger partial charge in [-0.2, -0.15) is 0 Å². The lowest BCUT2D eigenvalue weighted by Gasteiger charge is -2.29. The Hall–Kier alpha value is -5.93. The van der Waals surface area contributed by atoms with Crippen molar-refractivity contribution in [3.8, 4) is 45.3 Å². The Kier molecular flexibility index (Phi) is 7.38. The molecule has 1 aliphatic carbocycles. The van der Waals surface area contributed by atoms with E-state index in [0.29, 0.717) is 17.5 Å². The van der Waals surface area contributed by atoms with Gasteiger partial charge in [0, 0.05) is 22.3 Å². The van der Waals surface area contributed by atoms with Crippen LogP contribution in [-0.4, -0.2) is 15.0 Å². The summed E-state index contributed by atoms with van der Waals surface area (Å²) in [6.45, 7) is 9.28. The highest BCUT2D eigenvalue weighted by atomic mass is 15.0. The number of nitrogens with zero attached hydrogens (tertiary/aromatic N) is 3. The highest BCUT2D eigenvalue weighted by Crippen LogP contribution is 2.48. The normalized spacial score (nSPS) is 15.3. The first-order valence-corrected chi connectivity index (χ1v) is 16.5. The molecule has 0 unspecified atom stereocenters. The standard InChI is InChI=1S/C45H35N3/c1-30-18-7-6-16-29-45(2,3)38-28-17-27-37(39(30)38)40-35-25-14-12-23-33(35)34-24-13-15-26-36(34)41(40)44-47-42(31-19-8-4-9-20-31)46-43(48-44)32-21-10-5-11-22-32/h4-28H,1,29H2,2-3H3/b16-6-,18-7-. The SMILES string of the molecule is C=C1/C=C\C=C/CC(C)(C)c2cccc(-c3c(-c4nc(-c5ccccc5)nc(-c5ccccc5)n4)c4ccccc4c4ccccc34)c21. The van der Waals surface area contributed by atoms with E-state index in [1.165, 1.54) is 10.9 Å². The summed E-state index contributed by atoms with van der Waals surface area (Å²) in [5.74, 6) is 1.92. The van der Waals surface area contributed by atoms with Crippen LogP contribution >= 0.6 is 0 Å². The molecule has 7 aromatic rings. The maximum atomic E-state index is 5.28. The van der Waals surface area contributed by atoms with Gasteiger partial charge < -0.3 is 0 Å². The van der Waals surface area contributed by atoms with Gasteiger partial charge >= 0.3 is 0 Å². The van der Waals surface area contributed by atoms with Crippen LogP contribution in [0.2, 0.25) is 0 Å². The molecule has 6 aromatic carbocycles. The molecule has 230 valence electrons. The molecule has 0 aliphatic heterocycles. The largest absolute Gasteiger partial charge is 0.208 e. The van der Waals surface area contributed by atoms with Crippen LogP contribution in [0.5, 0.6) is 0 Å². The third kappa shape index (κ3) is 5.14. The zero-order valence-corrected chi connectivity index (χ0v) is 27.2. The van der Waals surface area contributed by atoms with Crippen LogP contribution < -0.4 is 0 Å². The van der Waals surface area contributed by atoms with E-state index in [1.807, 2.05) is 36.4 Å². The molecule has 8 rings (SSSR count). The third-order valence-corrected chi connectivity index (χ3v) is 9.41. The molecule has 1 aliphatic rings. The minimum Gasteiger partial charge on any atom is -0.208 e. The fourth-order valence-corrected chi connectivity index (χ4v) is 7.05. The van der Waals surface area contributed by atoms with Gasteiger partial charge in [-0.05, 0) is 55.6 Å². The van der Waals surface area contributed by atoms with Crippen LogP contribution in [0.1, 0.15) is 31.4 Å². The molecule has 0 radical (unpaired) electrons. The number of fused-ring (bicyclic) bond motifs is 4. The topological polar surface area (TPSA) is 38.7 Å². The van der Waals surface area contributed by atoms with Gasteiger partial charge in [0.05, 0.1) is 0 Å². The molecule has 0 amide bonds. The van der Waals surface area contributed by atoms with E-state index in [1.54, 1.807) is 0 Å². The van der Waals surface area contributed by atoms with Crippen molar-refractivity contribution in [2.24, 2.45) is 0 Å². The molecular weight excluding hydrogens is 583 g/mol. The van der Waals surface area contributed by atoms with E-state index in [2.05, 4.69) is 136 Å². The molecule has 3 heteroatoms. The van der Waals surface area contributed by atoms with Gasteiger partial charge in [-0.25, -0.2) is 15.0 Å². The van der Waals surface area contributed by atoms with E-state index in [4.69, 9.17) is 15.0 Å². The van der Waals surface area contributed by atoms with Crippen molar-refractivity contribution in [1.82, 2.24) is 15.0 Å². The summed E-state index contributed by atoms with van der Waals surface area (Å²) >= 11 is 0. The molecule has 1 heterocycles. The van der Waals surface area contributed by atoms with Crippen molar-refractivity contribution < 1.29 is 0 Å². The average molecular weight is 618 g/mol.